The lowest BCUT2D eigenvalue weighted by Gasteiger charge is -2.57. The monoisotopic (exact) mass is 394 g/mol. The molecule has 156 valence electrons. The third kappa shape index (κ3) is 3.50. The van der Waals surface area contributed by atoms with Crippen molar-refractivity contribution in [1.82, 2.24) is 0 Å². The van der Waals surface area contributed by atoms with E-state index in [0.29, 0.717) is 18.8 Å². The third-order valence-electron chi connectivity index (χ3n) is 7.11. The highest BCUT2D eigenvalue weighted by Gasteiger charge is 2.63. The average Bonchev–Trinajstić information content (AvgIpc) is 2.74. The van der Waals surface area contributed by atoms with Crippen molar-refractivity contribution in [1.29, 1.82) is 0 Å². The van der Waals surface area contributed by atoms with Crippen molar-refractivity contribution in [2.24, 2.45) is 23.7 Å². The molecule has 8 atom stereocenters. The van der Waals surface area contributed by atoms with Crippen LogP contribution in [0.25, 0.3) is 0 Å². The van der Waals surface area contributed by atoms with Crippen molar-refractivity contribution >= 4 is 0 Å². The second kappa shape index (κ2) is 7.33. The van der Waals surface area contributed by atoms with E-state index in [4.69, 9.17) is 14.2 Å². The van der Waals surface area contributed by atoms with E-state index in [1.165, 1.54) is 12.1 Å². The van der Waals surface area contributed by atoms with Crippen molar-refractivity contribution in [3.05, 3.63) is 35.6 Å². The summed E-state index contributed by atoms with van der Waals surface area (Å²) < 4.78 is 31.2. The molecule has 1 aromatic carbocycles. The molecule has 0 bridgehead atoms. The van der Waals surface area contributed by atoms with E-state index < -0.39 is 24.0 Å². The Kier molecular flexibility index (Phi) is 5.30. The average molecular weight is 394 g/mol. The summed E-state index contributed by atoms with van der Waals surface area (Å²) in [6, 6.07) is 6.18. The number of hydrogen-bond donors (Lipinski definition) is 2. The molecule has 0 amide bonds. The van der Waals surface area contributed by atoms with Gasteiger partial charge in [-0.25, -0.2) is 4.39 Å². The van der Waals surface area contributed by atoms with Crippen molar-refractivity contribution in [3.8, 4) is 0 Å². The molecule has 5 nitrogen and oxygen atoms in total. The third-order valence-corrected chi connectivity index (χ3v) is 7.11. The Morgan fingerprint density at radius 2 is 1.82 bits per heavy atom. The standard InChI is InChI=1S/C22H31FO5/c1-13-4-9-18-14(2)19(26-12-15-5-7-16(23)8-6-15)27-20-22(18,25)17(13)10-11-21(3,24)28-20/h5-8,13-14,17-20,24-25H,4,9-12H2,1-3H3. The van der Waals surface area contributed by atoms with Gasteiger partial charge in [-0.15, -0.1) is 0 Å². The molecule has 1 saturated carbocycles. The van der Waals surface area contributed by atoms with Crippen LogP contribution in [0.2, 0.25) is 0 Å². The van der Waals surface area contributed by atoms with Crippen LogP contribution in [-0.4, -0.2) is 34.2 Å². The fourth-order valence-corrected chi connectivity index (χ4v) is 5.48. The van der Waals surface area contributed by atoms with E-state index in [2.05, 4.69) is 6.92 Å². The van der Waals surface area contributed by atoms with E-state index in [1.54, 1.807) is 19.1 Å². The van der Waals surface area contributed by atoms with Crippen LogP contribution in [-0.2, 0) is 20.8 Å². The van der Waals surface area contributed by atoms with Gasteiger partial charge in [-0.1, -0.05) is 26.0 Å². The lowest BCUT2D eigenvalue weighted by atomic mass is 9.58. The number of halogens is 1. The Bertz CT molecular complexity index is 693. The van der Waals surface area contributed by atoms with Crippen LogP contribution in [0.5, 0.6) is 0 Å². The van der Waals surface area contributed by atoms with Crippen molar-refractivity contribution in [2.75, 3.05) is 0 Å². The van der Waals surface area contributed by atoms with E-state index in [-0.39, 0.29) is 30.2 Å². The fraction of sp³-hybridized carbons (Fsp3) is 0.727. The van der Waals surface area contributed by atoms with Gasteiger partial charge in [0.1, 0.15) is 11.4 Å². The van der Waals surface area contributed by atoms with Gasteiger partial charge in [-0.3, -0.25) is 0 Å². The molecule has 1 aliphatic carbocycles. The summed E-state index contributed by atoms with van der Waals surface area (Å²) in [6.07, 6.45) is 1.57. The minimum Gasteiger partial charge on any atom is -0.384 e. The molecule has 8 unspecified atom stereocenters. The zero-order valence-corrected chi connectivity index (χ0v) is 16.8. The molecule has 0 radical (unpaired) electrons. The molecule has 3 aliphatic rings. The summed E-state index contributed by atoms with van der Waals surface area (Å²) >= 11 is 0. The zero-order valence-electron chi connectivity index (χ0n) is 16.8. The maximum atomic E-state index is 13.1. The molecule has 2 aliphatic heterocycles. The molecule has 0 spiro atoms. The van der Waals surface area contributed by atoms with Gasteiger partial charge < -0.3 is 24.4 Å². The number of aliphatic hydroxyl groups is 2. The molecular formula is C22H31FO5. The summed E-state index contributed by atoms with van der Waals surface area (Å²) in [6.45, 7) is 6.12. The SMILES string of the molecule is CC1CCC2C(C)C(OCc3ccc(F)cc3)OC3OC(C)(O)CCC1C32O. The van der Waals surface area contributed by atoms with Gasteiger partial charge in [0.05, 0.1) is 6.61 Å². The van der Waals surface area contributed by atoms with Gasteiger partial charge in [0.25, 0.3) is 0 Å². The fourth-order valence-electron chi connectivity index (χ4n) is 5.48. The topological polar surface area (TPSA) is 68.2 Å². The first kappa shape index (κ1) is 20.2. The molecule has 2 N–H and O–H groups in total. The second-order valence-corrected chi connectivity index (χ2v) is 9.12. The summed E-state index contributed by atoms with van der Waals surface area (Å²) in [5.74, 6) is -1.32. The Hall–Kier alpha value is -1.05. The zero-order chi connectivity index (χ0) is 20.1. The van der Waals surface area contributed by atoms with Crippen molar-refractivity contribution in [3.63, 3.8) is 0 Å². The molecule has 28 heavy (non-hydrogen) atoms. The predicted molar refractivity (Wildman–Crippen MR) is 100 cm³/mol. The van der Waals surface area contributed by atoms with Gasteiger partial charge in [0.15, 0.2) is 18.4 Å². The molecule has 2 heterocycles. The van der Waals surface area contributed by atoms with Crippen LogP contribution in [0.3, 0.4) is 0 Å². The minimum atomic E-state index is -1.34. The summed E-state index contributed by atoms with van der Waals surface area (Å²) in [4.78, 5) is 0. The molecular weight excluding hydrogens is 363 g/mol. The first-order valence-corrected chi connectivity index (χ1v) is 10.3. The Labute approximate surface area is 165 Å². The molecule has 3 fully saturated rings. The Morgan fingerprint density at radius 1 is 1.11 bits per heavy atom. The van der Waals surface area contributed by atoms with Crippen LogP contribution >= 0.6 is 0 Å². The van der Waals surface area contributed by atoms with Gasteiger partial charge >= 0.3 is 0 Å². The van der Waals surface area contributed by atoms with E-state index in [0.717, 1.165) is 18.4 Å². The maximum Gasteiger partial charge on any atom is 0.193 e. The highest BCUT2D eigenvalue weighted by molar-refractivity contribution is 5.15. The second-order valence-electron chi connectivity index (χ2n) is 9.12. The lowest BCUT2D eigenvalue weighted by Crippen LogP contribution is -2.67. The summed E-state index contributed by atoms with van der Waals surface area (Å²) in [7, 11) is 0. The maximum absolute atomic E-state index is 13.1. The van der Waals surface area contributed by atoms with Crippen LogP contribution in [0.4, 0.5) is 4.39 Å². The molecule has 2 saturated heterocycles. The van der Waals surface area contributed by atoms with E-state index in [1.807, 2.05) is 6.92 Å². The molecule has 6 heteroatoms. The van der Waals surface area contributed by atoms with Gasteiger partial charge in [0.2, 0.25) is 0 Å². The van der Waals surface area contributed by atoms with Gasteiger partial charge in [-0.05, 0) is 55.7 Å². The van der Waals surface area contributed by atoms with Crippen LogP contribution in [0, 0.1) is 29.5 Å². The minimum absolute atomic E-state index is 0.0192. The van der Waals surface area contributed by atoms with Crippen LogP contribution in [0.15, 0.2) is 24.3 Å². The number of ether oxygens (including phenoxy) is 3. The normalized spacial score (nSPS) is 45.9. The number of benzene rings is 1. The largest absolute Gasteiger partial charge is 0.384 e. The highest BCUT2D eigenvalue weighted by Crippen LogP contribution is 2.55. The lowest BCUT2D eigenvalue weighted by molar-refractivity contribution is -0.409. The first-order chi connectivity index (χ1) is 13.2. The summed E-state index contributed by atoms with van der Waals surface area (Å²) in [5, 5.41) is 22.4. The number of hydrogen-bond acceptors (Lipinski definition) is 5. The Morgan fingerprint density at radius 3 is 2.54 bits per heavy atom. The molecule has 1 aromatic rings. The van der Waals surface area contributed by atoms with Gasteiger partial charge in [-0.2, -0.15) is 0 Å². The quantitative estimate of drug-likeness (QED) is 0.820. The number of rotatable bonds is 3. The van der Waals surface area contributed by atoms with E-state index >= 15 is 0 Å². The molecule has 4 rings (SSSR count). The Balaban J connectivity index is 1.57. The van der Waals surface area contributed by atoms with Crippen LogP contribution in [0.1, 0.15) is 52.0 Å². The summed E-state index contributed by atoms with van der Waals surface area (Å²) in [5.41, 5.74) is -0.283. The van der Waals surface area contributed by atoms with E-state index in [9.17, 15) is 14.6 Å². The first-order valence-electron chi connectivity index (χ1n) is 10.3. The van der Waals surface area contributed by atoms with Crippen molar-refractivity contribution in [2.45, 2.75) is 77.0 Å². The van der Waals surface area contributed by atoms with Crippen LogP contribution < -0.4 is 0 Å². The van der Waals surface area contributed by atoms with Crippen molar-refractivity contribution < 1.29 is 28.8 Å². The predicted octanol–water partition coefficient (Wildman–Crippen LogP) is 3.57. The van der Waals surface area contributed by atoms with Gasteiger partial charge in [0, 0.05) is 18.3 Å². The smallest absolute Gasteiger partial charge is 0.193 e. The molecule has 0 aromatic heterocycles. The highest BCUT2D eigenvalue weighted by atomic mass is 19.1.